The van der Waals surface area contributed by atoms with E-state index >= 15 is 0 Å². The molecule has 2 aromatic carbocycles. The molecule has 9 nitrogen and oxygen atoms in total. The summed E-state index contributed by atoms with van der Waals surface area (Å²) in [4.78, 5) is 14.8. The molecule has 0 unspecified atom stereocenters. The van der Waals surface area contributed by atoms with Crippen LogP contribution in [0.25, 0.3) is 11.4 Å². The first-order valence-corrected chi connectivity index (χ1v) is 13.2. The minimum absolute atomic E-state index is 0.0525. The molecule has 180 valence electrons. The molecule has 4 rings (SSSR count). The average Bonchev–Trinajstić information content (AvgIpc) is 3.23. The zero-order chi connectivity index (χ0) is 24.3. The number of methoxy groups -OCH3 is 1. The Bertz CT molecular complexity index is 1270. The minimum Gasteiger partial charge on any atom is -0.497 e. The van der Waals surface area contributed by atoms with Gasteiger partial charge in [0.1, 0.15) is 5.75 Å². The molecule has 2 heterocycles. The molecular weight excluding hydrogens is 474 g/mol. The highest BCUT2D eigenvalue weighted by Crippen LogP contribution is 2.26. The van der Waals surface area contributed by atoms with Gasteiger partial charge in [-0.1, -0.05) is 41.6 Å². The zero-order valence-corrected chi connectivity index (χ0v) is 21.0. The van der Waals surface area contributed by atoms with E-state index in [1.165, 1.54) is 16.1 Å². The van der Waals surface area contributed by atoms with Gasteiger partial charge in [-0.3, -0.25) is 4.79 Å². The first-order valence-electron chi connectivity index (χ1n) is 10.8. The predicted molar refractivity (Wildman–Crippen MR) is 130 cm³/mol. The van der Waals surface area contributed by atoms with E-state index < -0.39 is 10.0 Å². The van der Waals surface area contributed by atoms with Gasteiger partial charge in [0.2, 0.25) is 15.9 Å². The number of thioether (sulfide) groups is 1. The highest BCUT2D eigenvalue weighted by Gasteiger charge is 2.30. The molecule has 0 N–H and O–H groups in total. The summed E-state index contributed by atoms with van der Waals surface area (Å²) in [5.74, 6) is 1.56. The van der Waals surface area contributed by atoms with Crippen LogP contribution in [0.4, 0.5) is 0 Å². The zero-order valence-electron chi connectivity index (χ0n) is 19.3. The fourth-order valence-electron chi connectivity index (χ4n) is 3.71. The summed E-state index contributed by atoms with van der Waals surface area (Å²) in [6.07, 6.45) is 0. The van der Waals surface area contributed by atoms with Crippen LogP contribution in [0.1, 0.15) is 5.56 Å². The van der Waals surface area contributed by atoms with Gasteiger partial charge in [0.25, 0.3) is 0 Å². The lowest BCUT2D eigenvalue weighted by Gasteiger charge is -2.34. The highest BCUT2D eigenvalue weighted by molar-refractivity contribution is 7.99. The van der Waals surface area contributed by atoms with E-state index in [4.69, 9.17) is 4.74 Å². The van der Waals surface area contributed by atoms with Crippen molar-refractivity contribution < 1.29 is 17.9 Å². The third-order valence-electron chi connectivity index (χ3n) is 5.74. The van der Waals surface area contributed by atoms with Crippen LogP contribution in [0.5, 0.6) is 5.75 Å². The lowest BCUT2D eigenvalue weighted by Crippen LogP contribution is -2.50. The molecule has 1 amide bonds. The van der Waals surface area contributed by atoms with E-state index in [2.05, 4.69) is 10.2 Å². The topological polar surface area (TPSA) is 97.6 Å². The van der Waals surface area contributed by atoms with Crippen LogP contribution >= 0.6 is 11.8 Å². The second-order valence-corrected chi connectivity index (χ2v) is 10.9. The van der Waals surface area contributed by atoms with Gasteiger partial charge < -0.3 is 14.2 Å². The fourth-order valence-corrected chi connectivity index (χ4v) is 5.94. The predicted octanol–water partition coefficient (Wildman–Crippen LogP) is 2.42. The summed E-state index contributed by atoms with van der Waals surface area (Å²) < 4.78 is 34.3. The molecular formula is C23H27N5O4S2. The lowest BCUT2D eigenvalue weighted by atomic mass is 10.2. The molecule has 1 aliphatic heterocycles. The van der Waals surface area contributed by atoms with E-state index in [0.717, 1.165) is 16.9 Å². The van der Waals surface area contributed by atoms with E-state index in [-0.39, 0.29) is 29.6 Å². The number of nitrogens with zero attached hydrogens (tertiary/aromatic N) is 5. The molecule has 0 saturated carbocycles. The Labute approximate surface area is 203 Å². The number of ether oxygens (including phenoxy) is 1. The van der Waals surface area contributed by atoms with E-state index in [1.807, 2.05) is 42.8 Å². The quantitative estimate of drug-likeness (QED) is 0.459. The van der Waals surface area contributed by atoms with Crippen LogP contribution < -0.4 is 4.74 Å². The van der Waals surface area contributed by atoms with Crippen LogP contribution in [0.3, 0.4) is 0 Å². The van der Waals surface area contributed by atoms with Gasteiger partial charge in [0.15, 0.2) is 11.0 Å². The third-order valence-corrected chi connectivity index (χ3v) is 8.66. The molecule has 11 heteroatoms. The average molecular weight is 502 g/mol. The monoisotopic (exact) mass is 501 g/mol. The Balaban J connectivity index is 1.33. The maximum atomic E-state index is 12.9. The SMILES string of the molecule is COc1cccc(-c2nnc(SCC(=O)N3CCN(S(=O)(=O)c4ccc(C)cc4)CC3)n2C)c1. The summed E-state index contributed by atoms with van der Waals surface area (Å²) in [5.41, 5.74) is 1.88. The van der Waals surface area contributed by atoms with Gasteiger partial charge in [0.05, 0.1) is 17.8 Å². The molecule has 3 aromatic rings. The molecule has 0 radical (unpaired) electrons. The first-order chi connectivity index (χ1) is 16.3. The summed E-state index contributed by atoms with van der Waals surface area (Å²) >= 11 is 1.31. The van der Waals surface area contributed by atoms with Crippen molar-refractivity contribution in [2.45, 2.75) is 17.0 Å². The number of aryl methyl sites for hydroxylation is 1. The van der Waals surface area contributed by atoms with Gasteiger partial charge >= 0.3 is 0 Å². The summed E-state index contributed by atoms with van der Waals surface area (Å²) in [6, 6.07) is 14.4. The molecule has 1 aromatic heterocycles. The van der Waals surface area contributed by atoms with Crippen molar-refractivity contribution in [2.75, 3.05) is 39.0 Å². The largest absolute Gasteiger partial charge is 0.497 e. The smallest absolute Gasteiger partial charge is 0.243 e. The molecule has 1 saturated heterocycles. The number of sulfonamides is 1. The molecule has 0 spiro atoms. The normalized spacial score (nSPS) is 14.9. The number of benzene rings is 2. The van der Waals surface area contributed by atoms with Gasteiger partial charge in [-0.15, -0.1) is 10.2 Å². The van der Waals surface area contributed by atoms with Crippen molar-refractivity contribution in [1.82, 2.24) is 24.0 Å². The molecule has 0 aliphatic carbocycles. The van der Waals surface area contributed by atoms with Crippen LogP contribution in [0.15, 0.2) is 58.6 Å². The number of carbonyl (C=O) groups is 1. The molecule has 1 fully saturated rings. The van der Waals surface area contributed by atoms with Crippen LogP contribution in [-0.4, -0.2) is 77.3 Å². The van der Waals surface area contributed by atoms with E-state index in [0.29, 0.717) is 24.1 Å². The van der Waals surface area contributed by atoms with Crippen molar-refractivity contribution in [1.29, 1.82) is 0 Å². The second-order valence-electron chi connectivity index (χ2n) is 7.98. The summed E-state index contributed by atoms with van der Waals surface area (Å²) in [6.45, 7) is 3.18. The number of hydrogen-bond acceptors (Lipinski definition) is 7. The van der Waals surface area contributed by atoms with Crippen molar-refractivity contribution >= 4 is 27.7 Å². The van der Waals surface area contributed by atoms with E-state index in [9.17, 15) is 13.2 Å². The number of rotatable bonds is 7. The van der Waals surface area contributed by atoms with Crippen molar-refractivity contribution in [2.24, 2.45) is 7.05 Å². The van der Waals surface area contributed by atoms with Crippen LogP contribution in [-0.2, 0) is 21.9 Å². The number of amides is 1. The van der Waals surface area contributed by atoms with Gasteiger partial charge in [-0.2, -0.15) is 4.31 Å². The van der Waals surface area contributed by atoms with Gasteiger partial charge in [-0.05, 0) is 31.2 Å². The molecule has 34 heavy (non-hydrogen) atoms. The van der Waals surface area contributed by atoms with Gasteiger partial charge in [0, 0.05) is 38.8 Å². The maximum absolute atomic E-state index is 12.9. The number of aromatic nitrogens is 3. The Morgan fingerprint density at radius 3 is 2.44 bits per heavy atom. The number of piperazine rings is 1. The maximum Gasteiger partial charge on any atom is 0.243 e. The standard InChI is InChI=1S/C23H27N5O4S2/c1-17-7-9-20(10-8-17)34(30,31)28-13-11-27(12-14-28)21(29)16-33-23-25-24-22(26(23)2)18-5-4-6-19(15-18)32-3/h4-10,15H,11-14,16H2,1-3H3. The summed E-state index contributed by atoms with van der Waals surface area (Å²) in [5, 5.41) is 9.12. The fraction of sp³-hybridized carbons (Fsp3) is 0.348. The molecule has 0 atom stereocenters. The second kappa shape index (κ2) is 10.2. The van der Waals surface area contributed by atoms with Crippen molar-refractivity contribution in [3.05, 3.63) is 54.1 Å². The van der Waals surface area contributed by atoms with Crippen LogP contribution in [0.2, 0.25) is 0 Å². The number of carbonyl (C=O) groups excluding carboxylic acids is 1. The van der Waals surface area contributed by atoms with Crippen LogP contribution in [0, 0.1) is 6.92 Å². The third kappa shape index (κ3) is 5.11. The first kappa shape index (κ1) is 24.2. The summed E-state index contributed by atoms with van der Waals surface area (Å²) in [7, 11) is -0.0889. The number of hydrogen-bond donors (Lipinski definition) is 0. The Hall–Kier alpha value is -2.89. The lowest BCUT2D eigenvalue weighted by molar-refractivity contribution is -0.129. The Morgan fingerprint density at radius 2 is 1.76 bits per heavy atom. The van der Waals surface area contributed by atoms with Gasteiger partial charge in [-0.25, -0.2) is 8.42 Å². The van der Waals surface area contributed by atoms with Crippen molar-refractivity contribution in [3.8, 4) is 17.1 Å². The Kier molecular flexibility index (Phi) is 7.24. The minimum atomic E-state index is -3.56. The Morgan fingerprint density at radius 1 is 1.06 bits per heavy atom. The van der Waals surface area contributed by atoms with Crippen molar-refractivity contribution in [3.63, 3.8) is 0 Å². The van der Waals surface area contributed by atoms with E-state index in [1.54, 1.807) is 36.3 Å². The molecule has 0 bridgehead atoms. The highest BCUT2D eigenvalue weighted by atomic mass is 32.2. The molecule has 1 aliphatic rings.